The number of hydrogen-bond acceptors (Lipinski definition) is 2. The van der Waals surface area contributed by atoms with Crippen LogP contribution in [0, 0.1) is 5.41 Å². The average Bonchev–Trinajstić information content (AvgIpc) is 2.01. The van der Waals surface area contributed by atoms with Crippen molar-refractivity contribution in [1.29, 1.82) is 0 Å². The molecule has 1 rings (SSSR count). The van der Waals surface area contributed by atoms with Crippen LogP contribution in [0.2, 0.25) is 0 Å². The van der Waals surface area contributed by atoms with E-state index in [2.05, 4.69) is 5.32 Å². The Labute approximate surface area is 83.0 Å². The zero-order chi connectivity index (χ0) is 10.8. The molecule has 0 radical (unpaired) electrons. The van der Waals surface area contributed by atoms with Gasteiger partial charge in [0.25, 0.3) is 0 Å². The summed E-state index contributed by atoms with van der Waals surface area (Å²) in [4.78, 5) is 21.8. The normalized spacial score (nSPS) is 31.1. The maximum atomic E-state index is 11.1. The van der Waals surface area contributed by atoms with Gasteiger partial charge in [0.05, 0.1) is 5.41 Å². The molecule has 0 unspecified atom stereocenters. The van der Waals surface area contributed by atoms with E-state index < -0.39 is 11.4 Å². The molecule has 0 saturated heterocycles. The van der Waals surface area contributed by atoms with Crippen LogP contribution < -0.4 is 5.32 Å². The van der Waals surface area contributed by atoms with Crippen LogP contribution in [0.4, 0.5) is 0 Å². The lowest BCUT2D eigenvalue weighted by Crippen LogP contribution is -2.52. The summed E-state index contributed by atoms with van der Waals surface area (Å²) in [5.74, 6) is -0.932. The molecule has 0 atom stereocenters. The van der Waals surface area contributed by atoms with Crippen LogP contribution in [-0.4, -0.2) is 23.0 Å². The highest BCUT2D eigenvalue weighted by Gasteiger charge is 2.46. The van der Waals surface area contributed by atoms with Crippen molar-refractivity contribution in [2.45, 2.75) is 32.7 Å². The highest BCUT2D eigenvalue weighted by atomic mass is 16.4. The third-order valence-electron chi connectivity index (χ3n) is 2.57. The Kier molecular flexibility index (Phi) is 2.93. The maximum Gasteiger partial charge on any atom is 0.309 e. The van der Waals surface area contributed by atoms with E-state index in [1.54, 1.807) is 19.9 Å². The fourth-order valence-electron chi connectivity index (χ4n) is 1.71. The van der Waals surface area contributed by atoms with Gasteiger partial charge in [-0.2, -0.15) is 0 Å². The average molecular weight is 197 g/mol. The summed E-state index contributed by atoms with van der Waals surface area (Å²) in [7, 11) is 0. The molecular weight excluding hydrogens is 182 g/mol. The van der Waals surface area contributed by atoms with Gasteiger partial charge >= 0.3 is 5.97 Å². The minimum Gasteiger partial charge on any atom is -0.481 e. The number of rotatable bonds is 3. The zero-order valence-corrected chi connectivity index (χ0v) is 8.41. The molecule has 0 aromatic rings. The molecule has 78 valence electrons. The lowest BCUT2D eigenvalue weighted by atomic mass is 9.67. The second-order valence-corrected chi connectivity index (χ2v) is 3.98. The number of hydrogen-bond donors (Lipinski definition) is 2. The molecule has 0 aromatic carbocycles. The Morgan fingerprint density at radius 1 is 1.50 bits per heavy atom. The van der Waals surface area contributed by atoms with Crippen molar-refractivity contribution in [2.75, 3.05) is 0 Å². The predicted octanol–water partition coefficient (Wildman–Crippen LogP) is 0.932. The van der Waals surface area contributed by atoms with Crippen LogP contribution in [0.25, 0.3) is 0 Å². The maximum absolute atomic E-state index is 11.1. The number of carboxylic acids is 1. The summed E-state index contributed by atoms with van der Waals surface area (Å²) in [6, 6.07) is 0.0137. The first-order chi connectivity index (χ1) is 6.48. The molecule has 1 fully saturated rings. The third kappa shape index (κ3) is 2.13. The molecule has 1 saturated carbocycles. The zero-order valence-electron chi connectivity index (χ0n) is 8.41. The van der Waals surface area contributed by atoms with Crippen LogP contribution in [-0.2, 0) is 9.59 Å². The highest BCUT2D eigenvalue weighted by molar-refractivity contribution is 5.88. The van der Waals surface area contributed by atoms with Gasteiger partial charge in [-0.15, -0.1) is 0 Å². The molecule has 1 amide bonds. The van der Waals surface area contributed by atoms with Crippen molar-refractivity contribution in [3.8, 4) is 0 Å². The SMILES string of the molecule is CC=CC(=O)NC1CC(C)(C(=O)O)C1. The van der Waals surface area contributed by atoms with Crippen LogP contribution in [0.5, 0.6) is 0 Å². The molecule has 0 aliphatic heterocycles. The molecule has 0 heterocycles. The van der Waals surface area contributed by atoms with E-state index in [0.717, 1.165) is 0 Å². The van der Waals surface area contributed by atoms with Gasteiger partial charge < -0.3 is 10.4 Å². The van der Waals surface area contributed by atoms with Crippen LogP contribution in [0.3, 0.4) is 0 Å². The number of carbonyl (C=O) groups is 2. The summed E-state index contributed by atoms with van der Waals surface area (Å²) in [6.07, 6.45) is 4.14. The van der Waals surface area contributed by atoms with Crippen LogP contribution in [0.1, 0.15) is 26.7 Å². The fraction of sp³-hybridized carbons (Fsp3) is 0.600. The lowest BCUT2D eigenvalue weighted by Gasteiger charge is -2.41. The van der Waals surface area contributed by atoms with Crippen molar-refractivity contribution in [3.63, 3.8) is 0 Å². The van der Waals surface area contributed by atoms with Gasteiger partial charge in [0.1, 0.15) is 0 Å². The Hall–Kier alpha value is -1.32. The van der Waals surface area contributed by atoms with Crippen molar-refractivity contribution in [2.24, 2.45) is 5.41 Å². The second kappa shape index (κ2) is 3.82. The lowest BCUT2D eigenvalue weighted by molar-refractivity contribution is -0.155. The van der Waals surface area contributed by atoms with E-state index in [1.807, 2.05) is 0 Å². The monoisotopic (exact) mass is 197 g/mol. The molecule has 4 heteroatoms. The number of allylic oxidation sites excluding steroid dienone is 1. The smallest absolute Gasteiger partial charge is 0.309 e. The minimum atomic E-state index is -0.783. The van der Waals surface area contributed by atoms with Gasteiger partial charge in [0.2, 0.25) is 5.91 Å². The predicted molar refractivity (Wildman–Crippen MR) is 51.7 cm³/mol. The number of carbonyl (C=O) groups excluding carboxylic acids is 1. The Balaban J connectivity index is 2.35. The number of nitrogens with one attached hydrogen (secondary N) is 1. The highest BCUT2D eigenvalue weighted by Crippen LogP contribution is 2.40. The quantitative estimate of drug-likeness (QED) is 0.661. The van der Waals surface area contributed by atoms with Gasteiger partial charge in [-0.1, -0.05) is 6.08 Å². The minimum absolute atomic E-state index is 0.0137. The molecule has 2 N–H and O–H groups in total. The molecule has 4 nitrogen and oxygen atoms in total. The standard InChI is InChI=1S/C10H15NO3/c1-3-4-8(12)11-7-5-10(2,6-7)9(13)14/h3-4,7H,5-6H2,1-2H3,(H,11,12)(H,13,14). The van der Waals surface area contributed by atoms with Gasteiger partial charge in [-0.3, -0.25) is 9.59 Å². The summed E-state index contributed by atoms with van der Waals surface area (Å²) >= 11 is 0. The Morgan fingerprint density at radius 2 is 2.07 bits per heavy atom. The van der Waals surface area contributed by atoms with E-state index in [9.17, 15) is 9.59 Å². The molecular formula is C10H15NO3. The summed E-state index contributed by atoms with van der Waals surface area (Å²) in [5, 5.41) is 11.6. The number of carboxylic acid groups (broad SMARTS) is 1. The molecule has 1 aliphatic rings. The van der Waals surface area contributed by atoms with Crippen LogP contribution in [0.15, 0.2) is 12.2 Å². The largest absolute Gasteiger partial charge is 0.481 e. The number of amides is 1. The second-order valence-electron chi connectivity index (χ2n) is 3.98. The molecule has 0 bridgehead atoms. The molecule has 14 heavy (non-hydrogen) atoms. The first-order valence-electron chi connectivity index (χ1n) is 4.64. The first kappa shape index (κ1) is 10.8. The fourth-order valence-corrected chi connectivity index (χ4v) is 1.71. The third-order valence-corrected chi connectivity index (χ3v) is 2.57. The molecule has 0 aromatic heterocycles. The van der Waals surface area contributed by atoms with Gasteiger partial charge in [0, 0.05) is 6.04 Å². The van der Waals surface area contributed by atoms with Crippen molar-refractivity contribution in [1.82, 2.24) is 5.32 Å². The van der Waals surface area contributed by atoms with Crippen molar-refractivity contribution >= 4 is 11.9 Å². The number of aliphatic carboxylic acids is 1. The van der Waals surface area contributed by atoms with E-state index in [0.29, 0.717) is 12.8 Å². The van der Waals surface area contributed by atoms with Crippen molar-refractivity contribution in [3.05, 3.63) is 12.2 Å². The van der Waals surface area contributed by atoms with E-state index in [4.69, 9.17) is 5.11 Å². The van der Waals surface area contributed by atoms with Gasteiger partial charge in [0.15, 0.2) is 0 Å². The first-order valence-corrected chi connectivity index (χ1v) is 4.64. The van der Waals surface area contributed by atoms with Crippen LogP contribution >= 0.6 is 0 Å². The van der Waals surface area contributed by atoms with Crippen molar-refractivity contribution < 1.29 is 14.7 Å². The topological polar surface area (TPSA) is 66.4 Å². The van der Waals surface area contributed by atoms with E-state index >= 15 is 0 Å². The summed E-state index contributed by atoms with van der Waals surface area (Å²) < 4.78 is 0. The molecule has 0 spiro atoms. The van der Waals surface area contributed by atoms with Gasteiger partial charge in [-0.25, -0.2) is 0 Å². The Morgan fingerprint density at radius 3 is 2.50 bits per heavy atom. The molecule has 1 aliphatic carbocycles. The van der Waals surface area contributed by atoms with Gasteiger partial charge in [-0.05, 0) is 32.8 Å². The summed E-state index contributed by atoms with van der Waals surface area (Å²) in [5.41, 5.74) is -0.645. The summed E-state index contributed by atoms with van der Waals surface area (Å²) in [6.45, 7) is 3.47. The van der Waals surface area contributed by atoms with E-state index in [-0.39, 0.29) is 11.9 Å². The van der Waals surface area contributed by atoms with E-state index in [1.165, 1.54) is 6.08 Å². The Bertz CT molecular complexity index is 277.